The number of aromatic amines is 1. The summed E-state index contributed by atoms with van der Waals surface area (Å²) in [6.45, 7) is 1.92. The SMILES string of the molecule is CON=C1C(c2c(O)[nH]c3cc(C)c(Cl)cc23)=Nc2ccccc21. The number of hydrogen-bond donors (Lipinski definition) is 2. The maximum absolute atomic E-state index is 10.5. The second kappa shape index (κ2) is 5.39. The van der Waals surface area contributed by atoms with Crippen LogP contribution >= 0.6 is 11.6 Å². The molecular formula is C18H14ClN3O2. The highest BCUT2D eigenvalue weighted by Gasteiger charge is 2.29. The van der Waals surface area contributed by atoms with E-state index in [4.69, 9.17) is 16.4 Å². The number of aryl methyl sites for hydroxylation is 1. The summed E-state index contributed by atoms with van der Waals surface area (Å²) in [5.41, 5.74) is 5.08. The zero-order valence-electron chi connectivity index (χ0n) is 13.1. The van der Waals surface area contributed by atoms with Crippen LogP contribution in [0.1, 0.15) is 16.7 Å². The number of halogens is 1. The van der Waals surface area contributed by atoms with E-state index in [0.29, 0.717) is 22.0 Å². The molecule has 0 spiro atoms. The quantitative estimate of drug-likeness (QED) is 0.682. The first kappa shape index (κ1) is 14.8. The van der Waals surface area contributed by atoms with Gasteiger partial charge in [-0.2, -0.15) is 0 Å². The minimum Gasteiger partial charge on any atom is -0.494 e. The fourth-order valence-corrected chi connectivity index (χ4v) is 3.14. The van der Waals surface area contributed by atoms with Crippen molar-refractivity contribution in [3.05, 3.63) is 58.1 Å². The van der Waals surface area contributed by atoms with Crippen LogP contribution in [0.5, 0.6) is 5.88 Å². The predicted molar refractivity (Wildman–Crippen MR) is 95.9 cm³/mol. The molecule has 0 fully saturated rings. The maximum Gasteiger partial charge on any atom is 0.199 e. The van der Waals surface area contributed by atoms with Gasteiger partial charge in [-0.3, -0.25) is 0 Å². The topological polar surface area (TPSA) is 70.0 Å². The minimum absolute atomic E-state index is 0.0297. The Balaban J connectivity index is 2.00. The molecule has 24 heavy (non-hydrogen) atoms. The average Bonchev–Trinajstić information content (AvgIpc) is 3.06. The van der Waals surface area contributed by atoms with Crippen molar-refractivity contribution in [2.24, 2.45) is 10.1 Å². The van der Waals surface area contributed by atoms with Gasteiger partial charge in [0.2, 0.25) is 0 Å². The summed E-state index contributed by atoms with van der Waals surface area (Å²) < 4.78 is 0. The Kier molecular flexibility index (Phi) is 3.32. The van der Waals surface area contributed by atoms with E-state index in [9.17, 15) is 5.11 Å². The number of oxime groups is 1. The molecule has 5 nitrogen and oxygen atoms in total. The Morgan fingerprint density at radius 3 is 2.83 bits per heavy atom. The summed E-state index contributed by atoms with van der Waals surface area (Å²) in [5.74, 6) is 0.0297. The molecule has 3 aromatic rings. The van der Waals surface area contributed by atoms with Gasteiger partial charge < -0.3 is 14.9 Å². The molecule has 2 aromatic carbocycles. The fourth-order valence-electron chi connectivity index (χ4n) is 2.98. The Labute approximate surface area is 143 Å². The molecule has 4 rings (SSSR count). The van der Waals surface area contributed by atoms with Crippen molar-refractivity contribution in [3.63, 3.8) is 0 Å². The zero-order valence-corrected chi connectivity index (χ0v) is 13.8. The summed E-state index contributed by atoms with van der Waals surface area (Å²) in [5, 5.41) is 16.0. The highest BCUT2D eigenvalue weighted by atomic mass is 35.5. The van der Waals surface area contributed by atoms with Crippen molar-refractivity contribution in [2.45, 2.75) is 6.92 Å². The molecule has 0 saturated carbocycles. The Morgan fingerprint density at radius 1 is 1.25 bits per heavy atom. The van der Waals surface area contributed by atoms with Gasteiger partial charge in [-0.1, -0.05) is 35.0 Å². The van der Waals surface area contributed by atoms with Crippen LogP contribution in [0.3, 0.4) is 0 Å². The van der Waals surface area contributed by atoms with E-state index in [1.807, 2.05) is 43.3 Å². The van der Waals surface area contributed by atoms with Crippen molar-refractivity contribution in [2.75, 3.05) is 7.11 Å². The van der Waals surface area contributed by atoms with Crippen LogP contribution in [-0.2, 0) is 4.84 Å². The molecule has 0 unspecified atom stereocenters. The van der Waals surface area contributed by atoms with E-state index in [2.05, 4.69) is 15.1 Å². The maximum atomic E-state index is 10.5. The first-order valence-corrected chi connectivity index (χ1v) is 7.78. The van der Waals surface area contributed by atoms with Crippen LogP contribution in [0.15, 0.2) is 46.5 Å². The molecule has 0 atom stereocenters. The standard InChI is InChI=1S/C18H14ClN3O2/c1-9-7-14-11(8-12(9)19)15(18(23)21-14)17-16(22-24-2)10-5-3-4-6-13(10)20-17/h3-8,21,23H,1-2H3. The lowest BCUT2D eigenvalue weighted by Crippen LogP contribution is -2.13. The van der Waals surface area contributed by atoms with Crippen LogP contribution in [0.4, 0.5) is 5.69 Å². The highest BCUT2D eigenvalue weighted by molar-refractivity contribution is 6.58. The summed E-state index contributed by atoms with van der Waals surface area (Å²) in [6.07, 6.45) is 0. The van der Waals surface area contributed by atoms with E-state index in [1.165, 1.54) is 7.11 Å². The number of fused-ring (bicyclic) bond motifs is 2. The summed E-state index contributed by atoms with van der Waals surface area (Å²) >= 11 is 6.27. The van der Waals surface area contributed by atoms with Gasteiger partial charge in [0.25, 0.3) is 0 Å². The molecule has 0 aliphatic carbocycles. The van der Waals surface area contributed by atoms with Crippen LogP contribution in [0.25, 0.3) is 10.9 Å². The van der Waals surface area contributed by atoms with E-state index in [-0.39, 0.29) is 5.88 Å². The van der Waals surface area contributed by atoms with Gasteiger partial charge in [-0.25, -0.2) is 4.99 Å². The first-order chi connectivity index (χ1) is 11.6. The number of hydrogen-bond acceptors (Lipinski definition) is 4. The van der Waals surface area contributed by atoms with Crippen molar-refractivity contribution >= 4 is 39.6 Å². The third-order valence-corrected chi connectivity index (χ3v) is 4.50. The van der Waals surface area contributed by atoms with Gasteiger partial charge in [0.1, 0.15) is 18.5 Å². The molecule has 0 bridgehead atoms. The van der Waals surface area contributed by atoms with Crippen molar-refractivity contribution in [1.29, 1.82) is 0 Å². The van der Waals surface area contributed by atoms with E-state index in [0.717, 1.165) is 27.7 Å². The number of H-pyrrole nitrogens is 1. The second-order valence-electron chi connectivity index (χ2n) is 5.60. The van der Waals surface area contributed by atoms with Crippen LogP contribution < -0.4 is 0 Å². The molecule has 1 aromatic heterocycles. The van der Waals surface area contributed by atoms with Gasteiger partial charge in [-0.15, -0.1) is 0 Å². The van der Waals surface area contributed by atoms with Crippen molar-refractivity contribution in [3.8, 4) is 5.88 Å². The van der Waals surface area contributed by atoms with Gasteiger partial charge >= 0.3 is 0 Å². The molecule has 2 N–H and O–H groups in total. The van der Waals surface area contributed by atoms with E-state index in [1.54, 1.807) is 0 Å². The second-order valence-corrected chi connectivity index (χ2v) is 6.00. The van der Waals surface area contributed by atoms with Crippen molar-refractivity contribution < 1.29 is 9.94 Å². The summed E-state index contributed by atoms with van der Waals surface area (Å²) in [6, 6.07) is 11.4. The number of benzene rings is 2. The molecular weight excluding hydrogens is 326 g/mol. The lowest BCUT2D eigenvalue weighted by atomic mass is 10.0. The predicted octanol–water partition coefficient (Wildman–Crippen LogP) is 4.32. The molecule has 1 aliphatic heterocycles. The number of nitrogens with one attached hydrogen (secondary N) is 1. The van der Waals surface area contributed by atoms with Crippen LogP contribution in [0.2, 0.25) is 5.02 Å². The van der Waals surface area contributed by atoms with Gasteiger partial charge in [0.05, 0.1) is 11.3 Å². The third-order valence-electron chi connectivity index (χ3n) is 4.09. The zero-order chi connectivity index (χ0) is 16.8. The highest BCUT2D eigenvalue weighted by Crippen LogP contribution is 2.37. The molecule has 0 saturated heterocycles. The number of aromatic nitrogens is 1. The van der Waals surface area contributed by atoms with Gasteiger partial charge in [-0.05, 0) is 30.7 Å². The molecule has 6 heteroatoms. The molecule has 1 aliphatic rings. The van der Waals surface area contributed by atoms with E-state index >= 15 is 0 Å². The molecule has 0 amide bonds. The monoisotopic (exact) mass is 339 g/mol. The number of nitrogens with zero attached hydrogens (tertiary/aromatic N) is 2. The van der Waals surface area contributed by atoms with E-state index < -0.39 is 0 Å². The lowest BCUT2D eigenvalue weighted by molar-refractivity contribution is 0.214. The van der Waals surface area contributed by atoms with Gasteiger partial charge in [0, 0.05) is 21.5 Å². The van der Waals surface area contributed by atoms with Crippen molar-refractivity contribution in [1.82, 2.24) is 4.98 Å². The number of aliphatic imine (C=N–C) groups is 1. The first-order valence-electron chi connectivity index (χ1n) is 7.41. The Hall–Kier alpha value is -2.79. The molecule has 120 valence electrons. The number of rotatable bonds is 2. The third kappa shape index (κ3) is 2.09. The van der Waals surface area contributed by atoms with Crippen LogP contribution in [0, 0.1) is 6.92 Å². The lowest BCUT2D eigenvalue weighted by Gasteiger charge is -2.04. The number of aromatic hydroxyl groups is 1. The van der Waals surface area contributed by atoms with Crippen LogP contribution in [-0.4, -0.2) is 28.6 Å². The minimum atomic E-state index is 0.0297. The fraction of sp³-hybridized carbons (Fsp3) is 0.111. The Morgan fingerprint density at radius 2 is 2.04 bits per heavy atom. The smallest absolute Gasteiger partial charge is 0.199 e. The molecule has 2 heterocycles. The van der Waals surface area contributed by atoms with Gasteiger partial charge in [0.15, 0.2) is 5.88 Å². The number of para-hydroxylation sites is 1. The normalized spacial score (nSPS) is 15.0. The average molecular weight is 340 g/mol. The summed E-state index contributed by atoms with van der Waals surface area (Å²) in [7, 11) is 1.49. The summed E-state index contributed by atoms with van der Waals surface area (Å²) in [4.78, 5) is 12.6. The molecule has 0 radical (unpaired) electrons. The Bertz CT molecular complexity index is 1030. The largest absolute Gasteiger partial charge is 0.494 e.